The van der Waals surface area contributed by atoms with Gasteiger partial charge in [-0.05, 0) is 19.1 Å². The summed E-state index contributed by atoms with van der Waals surface area (Å²) in [6.07, 6.45) is 9.40. The first-order valence-electron chi connectivity index (χ1n) is 4.69. The van der Waals surface area contributed by atoms with E-state index < -0.39 is 0 Å². The molecule has 0 spiro atoms. The molecule has 1 aliphatic rings. The van der Waals surface area contributed by atoms with Crippen LogP contribution in [0.2, 0.25) is 0 Å². The van der Waals surface area contributed by atoms with Crippen LogP contribution < -0.4 is 0 Å². The van der Waals surface area contributed by atoms with Gasteiger partial charge in [0.1, 0.15) is 0 Å². The van der Waals surface area contributed by atoms with Gasteiger partial charge in [-0.1, -0.05) is 38.1 Å². The van der Waals surface area contributed by atoms with Gasteiger partial charge in [0, 0.05) is 12.6 Å². The summed E-state index contributed by atoms with van der Waals surface area (Å²) < 4.78 is 2.53. The van der Waals surface area contributed by atoms with Crippen molar-refractivity contribution in [2.24, 2.45) is 0 Å². The van der Waals surface area contributed by atoms with E-state index in [-0.39, 0.29) is 0 Å². The topological polar surface area (TPSA) is 3.24 Å². The molecule has 0 aromatic carbocycles. The molecule has 2 heteroatoms. The molecular formula is C9H19NS. The maximum absolute atomic E-state index is 2.53. The fourth-order valence-electron chi connectivity index (χ4n) is 1.91. The monoisotopic (exact) mass is 173 g/mol. The standard InChI is InChI=1S/C9H19NS/c1-3-10(11-2)9-7-5-4-6-8-9/h9H,3-8H2,1-2H3. The summed E-state index contributed by atoms with van der Waals surface area (Å²) in [6.45, 7) is 3.46. The van der Waals surface area contributed by atoms with Crippen LogP contribution in [0.3, 0.4) is 0 Å². The van der Waals surface area contributed by atoms with E-state index in [1.54, 1.807) is 0 Å². The van der Waals surface area contributed by atoms with Gasteiger partial charge in [-0.25, -0.2) is 4.31 Å². The minimum atomic E-state index is 0.878. The Hall–Kier alpha value is 0.310. The predicted molar refractivity (Wildman–Crippen MR) is 52.8 cm³/mol. The fraction of sp³-hybridized carbons (Fsp3) is 1.00. The quantitative estimate of drug-likeness (QED) is 0.604. The van der Waals surface area contributed by atoms with Crippen molar-refractivity contribution in [3.05, 3.63) is 0 Å². The van der Waals surface area contributed by atoms with Crippen LogP contribution in [-0.2, 0) is 0 Å². The second-order valence-electron chi connectivity index (χ2n) is 3.21. The maximum atomic E-state index is 2.53. The summed E-state index contributed by atoms with van der Waals surface area (Å²) >= 11 is 1.91. The third-order valence-electron chi connectivity index (χ3n) is 2.53. The van der Waals surface area contributed by atoms with Crippen molar-refractivity contribution in [1.82, 2.24) is 4.31 Å². The Bertz CT molecular complexity index is 95.7. The lowest BCUT2D eigenvalue weighted by Gasteiger charge is -2.31. The summed E-state index contributed by atoms with van der Waals surface area (Å²) in [5, 5.41) is 0. The molecule has 0 heterocycles. The van der Waals surface area contributed by atoms with E-state index in [2.05, 4.69) is 17.5 Å². The molecule has 0 N–H and O–H groups in total. The molecule has 0 saturated heterocycles. The average molecular weight is 173 g/mol. The largest absolute Gasteiger partial charge is 0.248 e. The molecule has 11 heavy (non-hydrogen) atoms. The van der Waals surface area contributed by atoms with Crippen LogP contribution in [0.25, 0.3) is 0 Å². The van der Waals surface area contributed by atoms with Gasteiger partial charge in [0.15, 0.2) is 0 Å². The van der Waals surface area contributed by atoms with Crippen molar-refractivity contribution in [2.45, 2.75) is 45.1 Å². The molecule has 0 aliphatic heterocycles. The SMILES string of the molecule is CCN(SC)C1CCCCC1. The van der Waals surface area contributed by atoms with E-state index in [1.807, 2.05) is 11.9 Å². The molecule has 1 aliphatic carbocycles. The zero-order chi connectivity index (χ0) is 8.10. The molecule has 1 nitrogen and oxygen atoms in total. The number of hydrogen-bond donors (Lipinski definition) is 0. The Morgan fingerprint density at radius 3 is 2.36 bits per heavy atom. The van der Waals surface area contributed by atoms with Crippen LogP contribution in [0.1, 0.15) is 39.0 Å². The van der Waals surface area contributed by atoms with Gasteiger partial charge in [0.05, 0.1) is 0 Å². The highest BCUT2D eigenvalue weighted by Gasteiger charge is 2.18. The maximum Gasteiger partial charge on any atom is 0.0202 e. The van der Waals surface area contributed by atoms with E-state index in [9.17, 15) is 0 Å². The van der Waals surface area contributed by atoms with Crippen LogP contribution in [0, 0.1) is 0 Å². The summed E-state index contributed by atoms with van der Waals surface area (Å²) in [5.74, 6) is 0. The molecule has 66 valence electrons. The van der Waals surface area contributed by atoms with Gasteiger partial charge >= 0.3 is 0 Å². The lowest BCUT2D eigenvalue weighted by atomic mass is 9.95. The molecular weight excluding hydrogens is 154 g/mol. The summed E-state index contributed by atoms with van der Waals surface area (Å²) in [5.41, 5.74) is 0. The molecule has 0 atom stereocenters. The van der Waals surface area contributed by atoms with E-state index in [0.717, 1.165) is 6.04 Å². The Morgan fingerprint density at radius 2 is 1.91 bits per heavy atom. The van der Waals surface area contributed by atoms with Gasteiger partial charge in [-0.2, -0.15) is 0 Å². The van der Waals surface area contributed by atoms with Gasteiger partial charge in [-0.3, -0.25) is 0 Å². The zero-order valence-corrected chi connectivity index (χ0v) is 8.49. The molecule has 0 bridgehead atoms. The zero-order valence-electron chi connectivity index (χ0n) is 7.68. The molecule has 0 unspecified atom stereocenters. The second kappa shape index (κ2) is 5.04. The number of hydrogen-bond acceptors (Lipinski definition) is 2. The van der Waals surface area contributed by atoms with Crippen molar-refractivity contribution in [2.75, 3.05) is 12.8 Å². The third kappa shape index (κ3) is 2.68. The molecule has 0 amide bonds. The first-order valence-corrected chi connectivity index (χ1v) is 5.87. The molecule has 1 saturated carbocycles. The number of nitrogens with zero attached hydrogens (tertiary/aromatic N) is 1. The molecule has 0 aromatic heterocycles. The fourth-order valence-corrected chi connectivity index (χ4v) is 2.67. The van der Waals surface area contributed by atoms with Crippen molar-refractivity contribution >= 4 is 11.9 Å². The van der Waals surface area contributed by atoms with E-state index in [4.69, 9.17) is 0 Å². The molecule has 1 rings (SSSR count). The van der Waals surface area contributed by atoms with Crippen molar-refractivity contribution in [1.29, 1.82) is 0 Å². The lowest BCUT2D eigenvalue weighted by molar-refractivity contribution is 0.281. The molecule has 0 radical (unpaired) electrons. The Labute approximate surface area is 74.7 Å². The summed E-state index contributed by atoms with van der Waals surface area (Å²) in [4.78, 5) is 0. The van der Waals surface area contributed by atoms with Crippen molar-refractivity contribution < 1.29 is 0 Å². The molecule has 1 fully saturated rings. The van der Waals surface area contributed by atoms with Crippen LogP contribution in [-0.4, -0.2) is 23.1 Å². The minimum Gasteiger partial charge on any atom is -0.248 e. The van der Waals surface area contributed by atoms with Crippen molar-refractivity contribution in [3.8, 4) is 0 Å². The minimum absolute atomic E-state index is 0.878. The normalized spacial score (nSPS) is 21.0. The highest BCUT2D eigenvalue weighted by Crippen LogP contribution is 2.25. The van der Waals surface area contributed by atoms with Crippen molar-refractivity contribution in [3.63, 3.8) is 0 Å². The molecule has 0 aromatic rings. The van der Waals surface area contributed by atoms with Gasteiger partial charge < -0.3 is 0 Å². The van der Waals surface area contributed by atoms with Crippen LogP contribution >= 0.6 is 11.9 Å². The van der Waals surface area contributed by atoms with E-state index in [0.29, 0.717) is 0 Å². The summed E-state index contributed by atoms with van der Waals surface area (Å²) in [6, 6.07) is 0.878. The predicted octanol–water partition coefficient (Wildman–Crippen LogP) is 2.92. The third-order valence-corrected chi connectivity index (χ3v) is 3.55. The van der Waals surface area contributed by atoms with Crippen LogP contribution in [0.15, 0.2) is 0 Å². The van der Waals surface area contributed by atoms with E-state index in [1.165, 1.54) is 38.6 Å². The first-order chi connectivity index (χ1) is 5.38. The van der Waals surface area contributed by atoms with Gasteiger partial charge in [-0.15, -0.1) is 0 Å². The van der Waals surface area contributed by atoms with Gasteiger partial charge in [0.25, 0.3) is 0 Å². The highest BCUT2D eigenvalue weighted by molar-refractivity contribution is 7.96. The first kappa shape index (κ1) is 9.40. The Balaban J connectivity index is 2.30. The van der Waals surface area contributed by atoms with Crippen LogP contribution in [0.4, 0.5) is 0 Å². The number of rotatable bonds is 3. The Kier molecular flexibility index (Phi) is 4.31. The van der Waals surface area contributed by atoms with E-state index >= 15 is 0 Å². The lowest BCUT2D eigenvalue weighted by Crippen LogP contribution is -2.30. The average Bonchev–Trinajstić information content (AvgIpc) is 2.09. The Morgan fingerprint density at radius 1 is 1.27 bits per heavy atom. The van der Waals surface area contributed by atoms with Gasteiger partial charge in [0.2, 0.25) is 0 Å². The van der Waals surface area contributed by atoms with Crippen LogP contribution in [0.5, 0.6) is 0 Å². The second-order valence-corrected chi connectivity index (χ2v) is 4.04. The summed E-state index contributed by atoms with van der Waals surface area (Å²) in [7, 11) is 0. The smallest absolute Gasteiger partial charge is 0.0202 e. The highest BCUT2D eigenvalue weighted by atomic mass is 32.2.